The Balaban J connectivity index is 1.69. The molecule has 3 rings (SSSR count). The minimum atomic E-state index is -0.877. The number of benzene rings is 2. The van der Waals surface area contributed by atoms with E-state index in [-0.39, 0.29) is 0 Å². The van der Waals surface area contributed by atoms with E-state index in [1.165, 1.54) is 11.1 Å². The van der Waals surface area contributed by atoms with Crippen LogP contribution in [0.2, 0.25) is 0 Å². The van der Waals surface area contributed by atoms with Crippen molar-refractivity contribution in [3.63, 3.8) is 0 Å². The van der Waals surface area contributed by atoms with Crippen molar-refractivity contribution < 1.29 is 9.90 Å². The van der Waals surface area contributed by atoms with Gasteiger partial charge in [-0.2, -0.15) is 0 Å². The van der Waals surface area contributed by atoms with Gasteiger partial charge in [0.15, 0.2) is 0 Å². The number of fused-ring (bicyclic) bond motifs is 1. The van der Waals surface area contributed by atoms with Crippen LogP contribution in [0, 0.1) is 0 Å². The number of nitrogens with one attached hydrogen (secondary N) is 1. The number of carboxylic acid groups (broad SMARTS) is 1. The molecule has 1 unspecified atom stereocenters. The van der Waals surface area contributed by atoms with Crippen LogP contribution in [0.5, 0.6) is 0 Å². The average molecular weight is 267 g/mol. The fourth-order valence-corrected chi connectivity index (χ4v) is 2.82. The number of carbonyl (C=O) groups is 1. The first kappa shape index (κ1) is 12.9. The molecule has 102 valence electrons. The van der Waals surface area contributed by atoms with Crippen LogP contribution in [0.4, 0.5) is 0 Å². The van der Waals surface area contributed by atoms with Crippen LogP contribution in [-0.4, -0.2) is 11.1 Å². The van der Waals surface area contributed by atoms with E-state index in [0.29, 0.717) is 18.2 Å². The van der Waals surface area contributed by atoms with Crippen LogP contribution in [0.3, 0.4) is 0 Å². The smallest absolute Gasteiger partial charge is 0.335 e. The summed E-state index contributed by atoms with van der Waals surface area (Å²) >= 11 is 0. The first-order chi connectivity index (χ1) is 9.74. The van der Waals surface area contributed by atoms with Crippen LogP contribution in [0.1, 0.15) is 39.5 Å². The van der Waals surface area contributed by atoms with Gasteiger partial charge in [-0.1, -0.05) is 36.4 Å². The molecular formula is C17H17NO2. The van der Waals surface area contributed by atoms with E-state index < -0.39 is 5.97 Å². The van der Waals surface area contributed by atoms with Crippen molar-refractivity contribution in [1.29, 1.82) is 0 Å². The predicted octanol–water partition coefficient (Wildman–Crippen LogP) is 3.16. The van der Waals surface area contributed by atoms with Crippen LogP contribution < -0.4 is 5.32 Å². The third kappa shape index (κ3) is 2.58. The number of aryl methyl sites for hydroxylation is 1. The lowest BCUT2D eigenvalue weighted by Gasteiger charge is -2.14. The van der Waals surface area contributed by atoms with Gasteiger partial charge in [0, 0.05) is 12.6 Å². The second-order valence-electron chi connectivity index (χ2n) is 5.18. The highest BCUT2D eigenvalue weighted by atomic mass is 16.4. The van der Waals surface area contributed by atoms with Crippen LogP contribution in [0.25, 0.3) is 0 Å². The molecule has 0 amide bonds. The van der Waals surface area contributed by atoms with E-state index in [0.717, 1.165) is 18.4 Å². The first-order valence-electron chi connectivity index (χ1n) is 6.87. The van der Waals surface area contributed by atoms with E-state index >= 15 is 0 Å². The predicted molar refractivity (Wildman–Crippen MR) is 77.7 cm³/mol. The van der Waals surface area contributed by atoms with Gasteiger partial charge < -0.3 is 10.4 Å². The molecule has 2 N–H and O–H groups in total. The zero-order chi connectivity index (χ0) is 13.9. The fraction of sp³-hybridized carbons (Fsp3) is 0.235. The van der Waals surface area contributed by atoms with E-state index in [1.54, 1.807) is 18.2 Å². The Morgan fingerprint density at radius 3 is 2.90 bits per heavy atom. The second-order valence-corrected chi connectivity index (χ2v) is 5.18. The Hall–Kier alpha value is -2.13. The number of aromatic carboxylic acids is 1. The molecule has 0 radical (unpaired) electrons. The van der Waals surface area contributed by atoms with Crippen molar-refractivity contribution in [3.05, 3.63) is 70.8 Å². The molecule has 2 aromatic carbocycles. The quantitative estimate of drug-likeness (QED) is 0.894. The number of hydrogen-bond acceptors (Lipinski definition) is 2. The first-order valence-corrected chi connectivity index (χ1v) is 6.87. The average Bonchev–Trinajstić information content (AvgIpc) is 2.89. The summed E-state index contributed by atoms with van der Waals surface area (Å²) in [6, 6.07) is 16.0. The SMILES string of the molecule is O=C(O)c1cccc(CNC2CCc3ccccc32)c1. The molecule has 0 heterocycles. The van der Waals surface area contributed by atoms with Gasteiger partial charge in [0.1, 0.15) is 0 Å². The molecule has 20 heavy (non-hydrogen) atoms. The van der Waals surface area contributed by atoms with Crippen molar-refractivity contribution in [2.45, 2.75) is 25.4 Å². The zero-order valence-corrected chi connectivity index (χ0v) is 11.2. The molecule has 0 saturated heterocycles. The Bertz CT molecular complexity index is 636. The zero-order valence-electron chi connectivity index (χ0n) is 11.2. The lowest BCUT2D eigenvalue weighted by atomic mass is 10.1. The molecule has 1 atom stereocenters. The molecule has 3 nitrogen and oxygen atoms in total. The third-order valence-corrected chi connectivity index (χ3v) is 3.86. The molecule has 0 spiro atoms. The number of hydrogen-bond donors (Lipinski definition) is 2. The topological polar surface area (TPSA) is 49.3 Å². The molecule has 0 saturated carbocycles. The normalized spacial score (nSPS) is 16.9. The molecular weight excluding hydrogens is 250 g/mol. The lowest BCUT2D eigenvalue weighted by molar-refractivity contribution is 0.0696. The summed E-state index contributed by atoms with van der Waals surface area (Å²) in [5, 5.41) is 12.5. The summed E-state index contributed by atoms with van der Waals surface area (Å²) in [6.07, 6.45) is 2.22. The van der Waals surface area contributed by atoms with Crippen molar-refractivity contribution in [1.82, 2.24) is 5.32 Å². The Kier molecular flexibility index (Phi) is 3.52. The van der Waals surface area contributed by atoms with Crippen LogP contribution >= 0.6 is 0 Å². The van der Waals surface area contributed by atoms with E-state index in [1.807, 2.05) is 6.07 Å². The van der Waals surface area contributed by atoms with Crippen molar-refractivity contribution in [2.24, 2.45) is 0 Å². The van der Waals surface area contributed by atoms with Gasteiger partial charge in [-0.15, -0.1) is 0 Å². The van der Waals surface area contributed by atoms with E-state index in [9.17, 15) is 4.79 Å². The molecule has 1 aliphatic carbocycles. The largest absolute Gasteiger partial charge is 0.478 e. The number of carboxylic acids is 1. The van der Waals surface area contributed by atoms with Gasteiger partial charge in [-0.3, -0.25) is 0 Å². The summed E-state index contributed by atoms with van der Waals surface area (Å²) in [5.41, 5.74) is 4.15. The maximum Gasteiger partial charge on any atom is 0.335 e. The maximum atomic E-state index is 11.0. The van der Waals surface area contributed by atoms with E-state index in [4.69, 9.17) is 5.11 Å². The van der Waals surface area contributed by atoms with Gasteiger partial charge in [0.25, 0.3) is 0 Å². The fourth-order valence-electron chi connectivity index (χ4n) is 2.82. The Morgan fingerprint density at radius 1 is 1.20 bits per heavy atom. The van der Waals surface area contributed by atoms with Gasteiger partial charge >= 0.3 is 5.97 Å². The third-order valence-electron chi connectivity index (χ3n) is 3.86. The maximum absolute atomic E-state index is 11.0. The molecule has 1 aliphatic rings. The Labute approximate surface area is 118 Å². The minimum Gasteiger partial charge on any atom is -0.478 e. The monoisotopic (exact) mass is 267 g/mol. The number of rotatable bonds is 4. The van der Waals surface area contributed by atoms with Gasteiger partial charge in [0.05, 0.1) is 5.56 Å². The highest BCUT2D eigenvalue weighted by Gasteiger charge is 2.20. The highest BCUT2D eigenvalue weighted by molar-refractivity contribution is 5.87. The van der Waals surface area contributed by atoms with Crippen molar-refractivity contribution in [3.8, 4) is 0 Å². The standard InChI is InChI=1S/C17H17NO2/c19-17(20)14-6-3-4-12(10-14)11-18-16-9-8-13-5-1-2-7-15(13)16/h1-7,10,16,18H,8-9,11H2,(H,19,20). The molecule has 3 heteroatoms. The van der Waals surface area contributed by atoms with Gasteiger partial charge in [-0.25, -0.2) is 4.79 Å². The molecule has 0 aliphatic heterocycles. The van der Waals surface area contributed by atoms with Gasteiger partial charge in [0.2, 0.25) is 0 Å². The van der Waals surface area contributed by atoms with Gasteiger partial charge in [-0.05, 0) is 41.7 Å². The van der Waals surface area contributed by atoms with Crippen LogP contribution in [0.15, 0.2) is 48.5 Å². The molecule has 0 bridgehead atoms. The second kappa shape index (κ2) is 5.47. The van der Waals surface area contributed by atoms with E-state index in [2.05, 4.69) is 29.6 Å². The Morgan fingerprint density at radius 2 is 2.05 bits per heavy atom. The van der Waals surface area contributed by atoms with Crippen LogP contribution in [-0.2, 0) is 13.0 Å². The van der Waals surface area contributed by atoms with Crippen molar-refractivity contribution >= 4 is 5.97 Å². The summed E-state index contributed by atoms with van der Waals surface area (Å²) < 4.78 is 0. The molecule has 0 aromatic heterocycles. The summed E-state index contributed by atoms with van der Waals surface area (Å²) in [6.45, 7) is 0.695. The minimum absolute atomic E-state index is 0.344. The highest BCUT2D eigenvalue weighted by Crippen LogP contribution is 2.30. The molecule has 0 fully saturated rings. The summed E-state index contributed by atoms with van der Waals surface area (Å²) in [5.74, 6) is -0.877. The van der Waals surface area contributed by atoms with Crippen molar-refractivity contribution in [2.75, 3.05) is 0 Å². The molecule has 2 aromatic rings. The lowest BCUT2D eigenvalue weighted by Crippen LogP contribution is -2.18. The summed E-state index contributed by atoms with van der Waals surface area (Å²) in [4.78, 5) is 11.0. The summed E-state index contributed by atoms with van der Waals surface area (Å²) in [7, 11) is 0.